The Labute approximate surface area is 183 Å². The molecule has 30 heavy (non-hydrogen) atoms. The average Bonchev–Trinajstić information content (AvgIpc) is 3.11. The Morgan fingerprint density at radius 3 is 2.80 bits per heavy atom. The van der Waals surface area contributed by atoms with Gasteiger partial charge in [0.25, 0.3) is 0 Å². The zero-order chi connectivity index (χ0) is 21.1. The fourth-order valence-corrected chi connectivity index (χ4v) is 4.57. The first-order valence-corrected chi connectivity index (χ1v) is 10.9. The highest BCUT2D eigenvalue weighted by Crippen LogP contribution is 2.41. The Kier molecular flexibility index (Phi) is 6.58. The molecule has 1 fully saturated rings. The molecule has 1 N–H and O–H groups in total. The fraction of sp³-hybridized carbons (Fsp3) is 0.391. The van der Waals surface area contributed by atoms with Gasteiger partial charge in [-0.3, -0.25) is 9.29 Å². The summed E-state index contributed by atoms with van der Waals surface area (Å²) in [6, 6.07) is 10.3. The number of rotatable bonds is 6. The van der Waals surface area contributed by atoms with Crippen molar-refractivity contribution < 1.29 is 23.4 Å². The van der Waals surface area contributed by atoms with E-state index in [4.69, 9.17) is 9.47 Å². The van der Waals surface area contributed by atoms with Gasteiger partial charge < -0.3 is 14.6 Å². The summed E-state index contributed by atoms with van der Waals surface area (Å²) in [5.74, 6) is 0.121. The third kappa shape index (κ3) is 4.62. The third-order valence-corrected chi connectivity index (χ3v) is 6.24. The lowest BCUT2D eigenvalue weighted by Gasteiger charge is -2.17. The molecule has 0 spiro atoms. The van der Waals surface area contributed by atoms with Gasteiger partial charge in [0, 0.05) is 47.7 Å². The SMILES string of the molecule is Oc1cc2c(cc1F)C(c1ccc(O[C@H]3CCN(CCCF)C3)cc1)=C(Br)CCO2. The molecule has 2 aliphatic rings. The van der Waals surface area contributed by atoms with Crippen molar-refractivity contribution in [1.29, 1.82) is 0 Å². The molecule has 0 aliphatic carbocycles. The molecule has 2 aliphatic heterocycles. The van der Waals surface area contributed by atoms with Gasteiger partial charge in [0.05, 0.1) is 13.3 Å². The van der Waals surface area contributed by atoms with Gasteiger partial charge in [-0.2, -0.15) is 0 Å². The minimum absolute atomic E-state index is 0.102. The molecule has 2 aromatic rings. The van der Waals surface area contributed by atoms with E-state index in [1.54, 1.807) is 0 Å². The summed E-state index contributed by atoms with van der Waals surface area (Å²) in [5.41, 5.74) is 2.34. The number of halogens is 3. The molecule has 4 rings (SSSR count). The van der Waals surface area contributed by atoms with Crippen LogP contribution in [0.25, 0.3) is 5.57 Å². The smallest absolute Gasteiger partial charge is 0.165 e. The summed E-state index contributed by atoms with van der Waals surface area (Å²) in [6.07, 6.45) is 2.24. The van der Waals surface area contributed by atoms with Crippen LogP contribution in [-0.4, -0.2) is 49.0 Å². The number of likely N-dealkylation sites (tertiary alicyclic amines) is 1. The van der Waals surface area contributed by atoms with Crippen molar-refractivity contribution >= 4 is 21.5 Å². The van der Waals surface area contributed by atoms with Crippen molar-refractivity contribution in [1.82, 2.24) is 4.90 Å². The molecule has 7 heteroatoms. The molecule has 1 atom stereocenters. The van der Waals surface area contributed by atoms with Gasteiger partial charge in [-0.25, -0.2) is 4.39 Å². The second-order valence-electron chi connectivity index (χ2n) is 7.57. The van der Waals surface area contributed by atoms with Gasteiger partial charge in [0.1, 0.15) is 17.6 Å². The molecule has 0 unspecified atom stereocenters. The van der Waals surface area contributed by atoms with Crippen molar-refractivity contribution in [3.05, 3.63) is 57.8 Å². The van der Waals surface area contributed by atoms with Crippen LogP contribution >= 0.6 is 15.9 Å². The standard InChI is InChI=1S/C23H24BrF2NO3/c24-19-7-11-29-22-13-21(28)20(26)12-18(22)23(19)15-2-4-16(5-3-15)30-17-6-10-27(14-17)9-1-8-25/h2-5,12-13,17,28H,1,6-11,14H2/t17-/m0/s1. The van der Waals surface area contributed by atoms with E-state index in [0.717, 1.165) is 47.4 Å². The number of phenolic OH excluding ortho intramolecular Hbond substituents is 1. The molecule has 4 nitrogen and oxygen atoms in total. The lowest BCUT2D eigenvalue weighted by molar-refractivity contribution is 0.198. The van der Waals surface area contributed by atoms with E-state index in [0.29, 0.717) is 30.8 Å². The van der Waals surface area contributed by atoms with E-state index < -0.39 is 11.6 Å². The second-order valence-corrected chi connectivity index (χ2v) is 8.53. The summed E-state index contributed by atoms with van der Waals surface area (Å²) in [5, 5.41) is 9.71. The Hall–Kier alpha value is -2.12. The maximum absolute atomic E-state index is 14.1. The highest BCUT2D eigenvalue weighted by Gasteiger charge is 2.24. The minimum atomic E-state index is -0.685. The Bertz CT molecular complexity index is 933. The molecule has 1 saturated heterocycles. The zero-order valence-electron chi connectivity index (χ0n) is 16.5. The van der Waals surface area contributed by atoms with Crippen molar-refractivity contribution in [2.45, 2.75) is 25.4 Å². The number of phenols is 1. The van der Waals surface area contributed by atoms with E-state index >= 15 is 0 Å². The van der Waals surface area contributed by atoms with E-state index in [1.807, 2.05) is 24.3 Å². The van der Waals surface area contributed by atoms with Crippen molar-refractivity contribution in [3.63, 3.8) is 0 Å². The van der Waals surface area contributed by atoms with Crippen LogP contribution in [0.4, 0.5) is 8.78 Å². The van der Waals surface area contributed by atoms with Crippen LogP contribution < -0.4 is 9.47 Å². The van der Waals surface area contributed by atoms with E-state index in [-0.39, 0.29) is 12.8 Å². The quantitative estimate of drug-likeness (QED) is 0.611. The van der Waals surface area contributed by atoms with Crippen LogP contribution in [0.5, 0.6) is 17.2 Å². The number of benzene rings is 2. The lowest BCUT2D eigenvalue weighted by atomic mass is 9.96. The van der Waals surface area contributed by atoms with Gasteiger partial charge in [-0.15, -0.1) is 0 Å². The molecule has 0 aromatic heterocycles. The molecule has 160 valence electrons. The van der Waals surface area contributed by atoms with Crippen LogP contribution in [0.3, 0.4) is 0 Å². The summed E-state index contributed by atoms with van der Waals surface area (Å²) >= 11 is 3.62. The normalized spacial score (nSPS) is 19.4. The Morgan fingerprint density at radius 1 is 1.23 bits per heavy atom. The van der Waals surface area contributed by atoms with Crippen LogP contribution in [0, 0.1) is 5.82 Å². The van der Waals surface area contributed by atoms with Crippen LogP contribution in [0.2, 0.25) is 0 Å². The number of hydrogen-bond donors (Lipinski definition) is 1. The van der Waals surface area contributed by atoms with Crippen molar-refractivity contribution in [2.75, 3.05) is 32.9 Å². The molecular weight excluding hydrogens is 456 g/mol. The topological polar surface area (TPSA) is 41.9 Å². The first-order valence-electron chi connectivity index (χ1n) is 10.1. The zero-order valence-corrected chi connectivity index (χ0v) is 18.1. The fourth-order valence-electron chi connectivity index (χ4n) is 3.96. The number of nitrogens with zero attached hydrogens (tertiary/aromatic N) is 1. The largest absolute Gasteiger partial charge is 0.505 e. The predicted octanol–water partition coefficient (Wildman–Crippen LogP) is 5.28. The van der Waals surface area contributed by atoms with Crippen molar-refractivity contribution in [3.8, 4) is 17.2 Å². The first kappa shape index (κ1) is 21.1. The molecule has 0 amide bonds. The average molecular weight is 480 g/mol. The number of alkyl halides is 1. The Morgan fingerprint density at radius 2 is 2.03 bits per heavy atom. The molecule has 2 aromatic carbocycles. The summed E-state index contributed by atoms with van der Waals surface area (Å²) in [6.45, 7) is 2.66. The monoisotopic (exact) mass is 479 g/mol. The highest BCUT2D eigenvalue weighted by molar-refractivity contribution is 9.11. The van der Waals surface area contributed by atoms with E-state index in [2.05, 4.69) is 20.8 Å². The maximum Gasteiger partial charge on any atom is 0.165 e. The second kappa shape index (κ2) is 9.35. The minimum Gasteiger partial charge on any atom is -0.505 e. The van der Waals surface area contributed by atoms with Gasteiger partial charge in [-0.1, -0.05) is 28.1 Å². The first-order chi connectivity index (χ1) is 14.5. The van der Waals surface area contributed by atoms with Crippen molar-refractivity contribution in [2.24, 2.45) is 0 Å². The number of aromatic hydroxyl groups is 1. The number of hydrogen-bond acceptors (Lipinski definition) is 4. The lowest BCUT2D eigenvalue weighted by Crippen LogP contribution is -2.26. The van der Waals surface area contributed by atoms with Gasteiger partial charge >= 0.3 is 0 Å². The third-order valence-electron chi connectivity index (χ3n) is 5.45. The predicted molar refractivity (Wildman–Crippen MR) is 116 cm³/mol. The van der Waals surface area contributed by atoms with Crippen LogP contribution in [-0.2, 0) is 0 Å². The summed E-state index contributed by atoms with van der Waals surface area (Å²) in [7, 11) is 0. The van der Waals surface area contributed by atoms with Gasteiger partial charge in [0.15, 0.2) is 11.6 Å². The Balaban J connectivity index is 1.52. The highest BCUT2D eigenvalue weighted by atomic mass is 79.9. The number of ether oxygens (including phenoxy) is 2. The van der Waals surface area contributed by atoms with Gasteiger partial charge in [-0.05, 0) is 36.6 Å². The molecule has 2 heterocycles. The maximum atomic E-state index is 14.1. The van der Waals surface area contributed by atoms with E-state index in [9.17, 15) is 13.9 Å². The molecule has 0 bridgehead atoms. The van der Waals surface area contributed by atoms with E-state index in [1.165, 1.54) is 12.1 Å². The number of fused-ring (bicyclic) bond motifs is 1. The van der Waals surface area contributed by atoms with Gasteiger partial charge in [0.2, 0.25) is 0 Å². The summed E-state index contributed by atoms with van der Waals surface area (Å²) in [4.78, 5) is 2.23. The molecule has 0 saturated carbocycles. The molecule has 0 radical (unpaired) electrons. The van der Waals surface area contributed by atoms with Crippen LogP contribution in [0.1, 0.15) is 30.4 Å². The summed E-state index contributed by atoms with van der Waals surface area (Å²) < 4.78 is 39.2. The molecular formula is C23H24BrF2NO3. The van der Waals surface area contributed by atoms with Crippen LogP contribution in [0.15, 0.2) is 40.9 Å².